The van der Waals surface area contributed by atoms with Crippen molar-refractivity contribution in [2.45, 2.75) is 51.0 Å². The Morgan fingerprint density at radius 2 is 1.74 bits per heavy atom. The molecule has 42 heavy (non-hydrogen) atoms. The van der Waals surface area contributed by atoms with Crippen LogP contribution in [0.25, 0.3) is 10.9 Å². The predicted molar refractivity (Wildman–Crippen MR) is 163 cm³/mol. The second-order valence-electron chi connectivity index (χ2n) is 11.6. The first-order valence-electron chi connectivity index (χ1n) is 15.2. The number of benzene rings is 2. The standard InChI is InChI=1S/C33H43N5O4/c1-25-11-12-28-27(23-25)24-29(36(28)2)30(39)35-33(14-6-7-15-33)31(40)38(18-13-26-9-4-3-5-10-26)32(41)34-16-8-17-37-19-21-42-22-20-37/h3-5,9-12,23-24H,6-8,13-22H2,1-2H3,(H,34,41)(H,35,39). The predicted octanol–water partition coefficient (Wildman–Crippen LogP) is 4.03. The van der Waals surface area contributed by atoms with E-state index in [0.29, 0.717) is 31.5 Å². The third-order valence-corrected chi connectivity index (χ3v) is 8.64. The largest absolute Gasteiger partial charge is 0.379 e. The van der Waals surface area contributed by atoms with Crippen LogP contribution in [0.2, 0.25) is 0 Å². The van der Waals surface area contributed by atoms with Gasteiger partial charge in [-0.15, -0.1) is 0 Å². The van der Waals surface area contributed by atoms with E-state index in [1.807, 2.05) is 67.1 Å². The van der Waals surface area contributed by atoms with Crippen molar-refractivity contribution in [3.63, 3.8) is 0 Å². The molecule has 1 aliphatic carbocycles. The van der Waals surface area contributed by atoms with Crippen molar-refractivity contribution in [1.29, 1.82) is 0 Å². The smallest absolute Gasteiger partial charge is 0.324 e. The number of nitrogens with one attached hydrogen (secondary N) is 2. The second-order valence-corrected chi connectivity index (χ2v) is 11.6. The van der Waals surface area contributed by atoms with E-state index in [2.05, 4.69) is 21.6 Å². The van der Waals surface area contributed by atoms with Crippen molar-refractivity contribution in [1.82, 2.24) is 25.0 Å². The minimum atomic E-state index is -1.12. The van der Waals surface area contributed by atoms with Crippen LogP contribution in [0.1, 0.15) is 53.7 Å². The Hall–Kier alpha value is -3.69. The number of nitrogens with zero attached hydrogens (tertiary/aromatic N) is 3. The van der Waals surface area contributed by atoms with E-state index in [1.54, 1.807) is 0 Å². The van der Waals surface area contributed by atoms with Crippen LogP contribution in [0.3, 0.4) is 0 Å². The molecule has 1 aromatic heterocycles. The molecule has 1 saturated carbocycles. The zero-order valence-corrected chi connectivity index (χ0v) is 24.9. The molecule has 1 saturated heterocycles. The molecule has 4 amide bonds. The highest BCUT2D eigenvalue weighted by Crippen LogP contribution is 2.33. The van der Waals surface area contributed by atoms with Gasteiger partial charge < -0.3 is 19.9 Å². The third-order valence-electron chi connectivity index (χ3n) is 8.64. The summed E-state index contributed by atoms with van der Waals surface area (Å²) < 4.78 is 7.29. The number of carbonyl (C=O) groups is 3. The fourth-order valence-electron chi connectivity index (χ4n) is 6.20. The molecule has 0 atom stereocenters. The van der Waals surface area contributed by atoms with Crippen molar-refractivity contribution >= 4 is 28.7 Å². The Balaban J connectivity index is 1.32. The van der Waals surface area contributed by atoms with E-state index < -0.39 is 11.6 Å². The summed E-state index contributed by atoms with van der Waals surface area (Å²) in [4.78, 5) is 45.2. The van der Waals surface area contributed by atoms with Crippen LogP contribution in [0.5, 0.6) is 0 Å². The Bertz CT molecular complexity index is 1390. The first kappa shape index (κ1) is 29.8. The SMILES string of the molecule is Cc1ccc2c(c1)cc(C(=O)NC1(C(=O)N(CCc3ccccc3)C(=O)NCCCN3CCOCC3)CCCC1)n2C. The van der Waals surface area contributed by atoms with Crippen LogP contribution < -0.4 is 10.6 Å². The Morgan fingerprint density at radius 1 is 1.00 bits per heavy atom. The fourth-order valence-corrected chi connectivity index (χ4v) is 6.20. The van der Waals surface area contributed by atoms with Gasteiger partial charge in [-0.25, -0.2) is 4.79 Å². The number of morpholine rings is 1. The van der Waals surface area contributed by atoms with Gasteiger partial charge in [0.25, 0.3) is 11.8 Å². The number of aromatic nitrogens is 1. The van der Waals surface area contributed by atoms with Crippen molar-refractivity contribution in [3.8, 4) is 0 Å². The molecule has 9 nitrogen and oxygen atoms in total. The minimum Gasteiger partial charge on any atom is -0.379 e. The van der Waals surface area contributed by atoms with Gasteiger partial charge in [-0.05, 0) is 62.9 Å². The van der Waals surface area contributed by atoms with E-state index >= 15 is 0 Å². The van der Waals surface area contributed by atoms with Gasteiger partial charge in [-0.1, -0.05) is 54.8 Å². The van der Waals surface area contributed by atoms with Crippen molar-refractivity contribution in [3.05, 3.63) is 71.4 Å². The topological polar surface area (TPSA) is 95.9 Å². The number of amides is 4. The molecular weight excluding hydrogens is 530 g/mol. The number of fused-ring (bicyclic) bond motifs is 1. The lowest BCUT2D eigenvalue weighted by Gasteiger charge is -2.34. The lowest BCUT2D eigenvalue weighted by molar-refractivity contribution is -0.134. The average Bonchev–Trinajstić information content (AvgIpc) is 3.61. The van der Waals surface area contributed by atoms with Crippen LogP contribution in [0.15, 0.2) is 54.6 Å². The summed E-state index contributed by atoms with van der Waals surface area (Å²) >= 11 is 0. The molecule has 9 heteroatoms. The van der Waals surface area contributed by atoms with Gasteiger partial charge in [0.05, 0.1) is 13.2 Å². The summed E-state index contributed by atoms with van der Waals surface area (Å²) in [6.07, 6.45) is 3.97. The number of hydrogen-bond donors (Lipinski definition) is 2. The summed E-state index contributed by atoms with van der Waals surface area (Å²) in [5.41, 5.74) is 2.50. The average molecular weight is 574 g/mol. The van der Waals surface area contributed by atoms with Gasteiger partial charge in [-0.3, -0.25) is 19.4 Å². The summed E-state index contributed by atoms with van der Waals surface area (Å²) in [6.45, 7) is 6.87. The third kappa shape index (κ3) is 6.85. The minimum absolute atomic E-state index is 0.239. The van der Waals surface area contributed by atoms with E-state index in [0.717, 1.165) is 74.1 Å². The van der Waals surface area contributed by atoms with Gasteiger partial charge in [0.2, 0.25) is 0 Å². The molecule has 5 rings (SSSR count). The van der Waals surface area contributed by atoms with Crippen LogP contribution in [-0.2, 0) is 23.0 Å². The first-order chi connectivity index (χ1) is 20.4. The van der Waals surface area contributed by atoms with Gasteiger partial charge in [0.1, 0.15) is 11.2 Å². The highest BCUT2D eigenvalue weighted by Gasteiger charge is 2.46. The normalized spacial score (nSPS) is 16.8. The maximum absolute atomic E-state index is 14.3. The Labute approximate surface area is 248 Å². The van der Waals surface area contributed by atoms with Crippen molar-refractivity contribution in [2.75, 3.05) is 45.9 Å². The molecule has 2 aromatic carbocycles. The maximum atomic E-state index is 14.3. The summed E-state index contributed by atoms with van der Waals surface area (Å²) in [7, 11) is 1.87. The van der Waals surface area contributed by atoms with Crippen molar-refractivity contribution in [2.24, 2.45) is 7.05 Å². The quantitative estimate of drug-likeness (QED) is 0.357. The molecule has 2 fully saturated rings. The number of rotatable bonds is 10. The number of carbonyl (C=O) groups excluding carboxylic acids is 3. The molecule has 0 spiro atoms. The molecule has 1 aliphatic heterocycles. The summed E-state index contributed by atoms with van der Waals surface area (Å²) in [5, 5.41) is 7.09. The van der Waals surface area contributed by atoms with E-state index in [1.165, 1.54) is 4.90 Å². The molecule has 0 unspecified atom stereocenters. The van der Waals surface area contributed by atoms with Crippen LogP contribution in [0, 0.1) is 6.92 Å². The van der Waals surface area contributed by atoms with Crippen LogP contribution >= 0.6 is 0 Å². The zero-order valence-electron chi connectivity index (χ0n) is 24.9. The summed E-state index contributed by atoms with van der Waals surface area (Å²) in [5.74, 6) is -0.625. The highest BCUT2D eigenvalue weighted by atomic mass is 16.5. The maximum Gasteiger partial charge on any atom is 0.324 e. The number of imide groups is 1. The molecule has 2 aliphatic rings. The van der Waals surface area contributed by atoms with Gasteiger partial charge >= 0.3 is 6.03 Å². The van der Waals surface area contributed by atoms with E-state index in [4.69, 9.17) is 4.74 Å². The van der Waals surface area contributed by atoms with Crippen molar-refractivity contribution < 1.29 is 19.1 Å². The molecule has 2 N–H and O–H groups in total. The molecule has 0 bridgehead atoms. The number of ether oxygens (including phenoxy) is 1. The highest BCUT2D eigenvalue weighted by molar-refractivity contribution is 6.05. The van der Waals surface area contributed by atoms with Crippen LogP contribution in [0.4, 0.5) is 4.79 Å². The first-order valence-corrected chi connectivity index (χ1v) is 15.2. The van der Waals surface area contributed by atoms with Gasteiger partial charge in [0, 0.05) is 44.1 Å². The zero-order chi connectivity index (χ0) is 29.5. The number of aryl methyl sites for hydroxylation is 2. The Kier molecular flexibility index (Phi) is 9.59. The monoisotopic (exact) mass is 573 g/mol. The lowest BCUT2D eigenvalue weighted by atomic mass is 9.94. The molecular formula is C33H43N5O4. The Morgan fingerprint density at radius 3 is 2.48 bits per heavy atom. The van der Waals surface area contributed by atoms with Gasteiger partial charge in [-0.2, -0.15) is 0 Å². The molecule has 2 heterocycles. The van der Waals surface area contributed by atoms with Crippen LogP contribution in [-0.4, -0.2) is 83.7 Å². The molecule has 0 radical (unpaired) electrons. The molecule has 3 aromatic rings. The fraction of sp³-hybridized carbons (Fsp3) is 0.485. The summed E-state index contributed by atoms with van der Waals surface area (Å²) in [6, 6.07) is 17.4. The number of urea groups is 1. The van der Waals surface area contributed by atoms with E-state index in [-0.39, 0.29) is 18.4 Å². The van der Waals surface area contributed by atoms with Gasteiger partial charge in [0.15, 0.2) is 0 Å². The number of hydrogen-bond acceptors (Lipinski definition) is 5. The molecule has 224 valence electrons. The second kappa shape index (κ2) is 13.5. The lowest BCUT2D eigenvalue weighted by Crippen LogP contribution is -2.61. The van der Waals surface area contributed by atoms with E-state index in [9.17, 15) is 14.4 Å².